The van der Waals surface area contributed by atoms with E-state index in [2.05, 4.69) is 5.48 Å². The van der Waals surface area contributed by atoms with Gasteiger partial charge in [-0.05, 0) is 45.7 Å². The van der Waals surface area contributed by atoms with E-state index in [1.54, 1.807) is 12.1 Å². The van der Waals surface area contributed by atoms with Crippen molar-refractivity contribution in [1.29, 1.82) is 0 Å². The number of hydrogen-bond donors (Lipinski definition) is 1. The van der Waals surface area contributed by atoms with Gasteiger partial charge in [-0.3, -0.25) is 14.4 Å². The predicted molar refractivity (Wildman–Crippen MR) is 84.1 cm³/mol. The van der Waals surface area contributed by atoms with Gasteiger partial charge in [-0.2, -0.15) is 0 Å². The molecule has 1 N–H and O–H groups in total. The van der Waals surface area contributed by atoms with Gasteiger partial charge in [0.15, 0.2) is 0 Å². The highest BCUT2D eigenvalue weighted by Gasteiger charge is 2.12. The van der Waals surface area contributed by atoms with Crippen LogP contribution in [0.1, 0.15) is 52.9 Å². The van der Waals surface area contributed by atoms with Gasteiger partial charge < -0.3 is 4.74 Å². The van der Waals surface area contributed by atoms with E-state index >= 15 is 0 Å². The maximum absolute atomic E-state index is 11.6. The number of unbranched alkanes of at least 4 members (excludes halogenated alkanes) is 2. The Morgan fingerprint density at radius 2 is 1.64 bits per heavy atom. The maximum Gasteiger partial charge on any atom is 0.311 e. The van der Waals surface area contributed by atoms with Crippen molar-refractivity contribution in [2.75, 3.05) is 0 Å². The molecule has 0 bridgehead atoms. The first-order valence-electron chi connectivity index (χ1n) is 7.59. The van der Waals surface area contributed by atoms with Crippen molar-refractivity contribution in [3.05, 3.63) is 30.3 Å². The van der Waals surface area contributed by atoms with Gasteiger partial charge in [0.05, 0.1) is 5.60 Å². The molecule has 1 rings (SSSR count). The summed E-state index contributed by atoms with van der Waals surface area (Å²) in [6.45, 7) is 5.60. The second-order valence-electron chi connectivity index (χ2n) is 6.09. The Kier molecular flexibility index (Phi) is 7.60. The van der Waals surface area contributed by atoms with E-state index in [0.717, 1.165) is 12.8 Å². The fourth-order valence-corrected chi connectivity index (χ4v) is 1.66. The molecule has 0 aliphatic rings. The Balaban J connectivity index is 2.05. The summed E-state index contributed by atoms with van der Waals surface area (Å²) in [7, 11) is 0. The zero-order chi connectivity index (χ0) is 16.4. The highest BCUT2D eigenvalue weighted by molar-refractivity contribution is 5.74. The molecule has 0 saturated heterocycles. The summed E-state index contributed by atoms with van der Waals surface area (Å²) >= 11 is 0. The number of benzene rings is 1. The molecule has 1 aromatic rings. The van der Waals surface area contributed by atoms with E-state index in [1.807, 2.05) is 39.0 Å². The van der Waals surface area contributed by atoms with E-state index in [9.17, 15) is 9.59 Å². The van der Waals surface area contributed by atoms with Crippen LogP contribution in [-0.4, -0.2) is 17.5 Å². The average Bonchev–Trinajstić information content (AvgIpc) is 2.45. The molecular weight excluding hydrogens is 282 g/mol. The Morgan fingerprint density at radius 1 is 1.00 bits per heavy atom. The number of carbonyl (C=O) groups is 2. The first-order chi connectivity index (χ1) is 10.4. The molecule has 0 aromatic heterocycles. The molecule has 0 atom stereocenters. The normalized spacial score (nSPS) is 11.0. The lowest BCUT2D eigenvalue weighted by atomic mass is 10.1. The number of hydrogen-bond acceptors (Lipinski definition) is 4. The molecule has 5 heteroatoms. The number of ether oxygens (including phenoxy) is 1. The van der Waals surface area contributed by atoms with Crippen LogP contribution in [0.25, 0.3) is 0 Å². The molecule has 0 radical (unpaired) electrons. The van der Waals surface area contributed by atoms with Gasteiger partial charge in [0.1, 0.15) is 5.75 Å². The van der Waals surface area contributed by atoms with Gasteiger partial charge in [0, 0.05) is 12.8 Å². The average molecular weight is 307 g/mol. The first-order valence-corrected chi connectivity index (χ1v) is 7.59. The Morgan fingerprint density at radius 3 is 2.27 bits per heavy atom. The van der Waals surface area contributed by atoms with Gasteiger partial charge in [-0.15, -0.1) is 0 Å². The highest BCUT2D eigenvalue weighted by atomic mass is 16.7. The number of nitrogens with one attached hydrogen (secondary N) is 1. The number of hydroxylamine groups is 1. The molecule has 0 fully saturated rings. The third-order valence-corrected chi connectivity index (χ3v) is 2.73. The molecule has 1 aromatic carbocycles. The van der Waals surface area contributed by atoms with Crippen LogP contribution in [-0.2, 0) is 14.4 Å². The largest absolute Gasteiger partial charge is 0.427 e. The topological polar surface area (TPSA) is 64.6 Å². The summed E-state index contributed by atoms with van der Waals surface area (Å²) in [5.74, 6) is 0.180. The minimum atomic E-state index is -0.392. The number of para-hydroxylation sites is 1. The standard InChI is InChI=1S/C17H25NO4/c1-17(2,3)22-18-15(19)12-8-5-9-13-16(20)21-14-10-6-4-7-11-14/h4,6-7,10-11H,5,8-9,12-13H2,1-3H3,(H,18,19). The van der Waals surface area contributed by atoms with Crippen LogP contribution in [0.3, 0.4) is 0 Å². The van der Waals surface area contributed by atoms with E-state index in [0.29, 0.717) is 25.0 Å². The van der Waals surface area contributed by atoms with Gasteiger partial charge in [0.2, 0.25) is 5.91 Å². The van der Waals surface area contributed by atoms with Crippen molar-refractivity contribution in [3.8, 4) is 5.75 Å². The molecule has 1 amide bonds. The Labute approximate surface area is 131 Å². The van der Waals surface area contributed by atoms with Crippen LogP contribution >= 0.6 is 0 Å². The molecule has 0 unspecified atom stereocenters. The summed E-state index contributed by atoms with van der Waals surface area (Å²) in [5.41, 5.74) is 2.03. The summed E-state index contributed by atoms with van der Waals surface area (Å²) < 4.78 is 5.18. The van der Waals surface area contributed by atoms with E-state index in [4.69, 9.17) is 9.57 Å². The van der Waals surface area contributed by atoms with Gasteiger partial charge >= 0.3 is 5.97 Å². The van der Waals surface area contributed by atoms with Crippen molar-refractivity contribution in [2.45, 2.75) is 58.5 Å². The smallest absolute Gasteiger partial charge is 0.311 e. The SMILES string of the molecule is CC(C)(C)ONC(=O)CCCCCC(=O)Oc1ccccc1. The van der Waals surface area contributed by atoms with Crippen molar-refractivity contribution >= 4 is 11.9 Å². The van der Waals surface area contributed by atoms with Gasteiger partial charge in [-0.25, -0.2) is 5.48 Å². The zero-order valence-corrected chi connectivity index (χ0v) is 13.6. The molecule has 0 aliphatic carbocycles. The molecular formula is C17H25NO4. The van der Waals surface area contributed by atoms with Crippen LogP contribution in [0.5, 0.6) is 5.75 Å². The molecule has 0 aliphatic heterocycles. The van der Waals surface area contributed by atoms with Crippen LogP contribution in [0.4, 0.5) is 0 Å². The third-order valence-electron chi connectivity index (χ3n) is 2.73. The van der Waals surface area contributed by atoms with Gasteiger partial charge in [0.25, 0.3) is 0 Å². The molecule has 5 nitrogen and oxygen atoms in total. The number of carbonyl (C=O) groups excluding carboxylic acids is 2. The van der Waals surface area contributed by atoms with Crippen molar-refractivity contribution in [2.24, 2.45) is 0 Å². The Hall–Kier alpha value is -1.88. The van der Waals surface area contributed by atoms with E-state index in [1.165, 1.54) is 0 Å². The summed E-state index contributed by atoms with van der Waals surface area (Å²) in [6.07, 6.45) is 2.97. The summed E-state index contributed by atoms with van der Waals surface area (Å²) in [6, 6.07) is 9.00. The minimum Gasteiger partial charge on any atom is -0.427 e. The lowest BCUT2D eigenvalue weighted by Gasteiger charge is -2.18. The number of amides is 1. The van der Waals surface area contributed by atoms with Crippen molar-refractivity contribution in [1.82, 2.24) is 5.48 Å². The highest BCUT2D eigenvalue weighted by Crippen LogP contribution is 2.11. The second-order valence-corrected chi connectivity index (χ2v) is 6.09. The Bertz CT molecular complexity index is 465. The van der Waals surface area contributed by atoms with Crippen molar-refractivity contribution in [3.63, 3.8) is 0 Å². The summed E-state index contributed by atoms with van der Waals surface area (Å²) in [5, 5.41) is 0. The molecule has 0 spiro atoms. The zero-order valence-electron chi connectivity index (χ0n) is 13.6. The lowest BCUT2D eigenvalue weighted by Crippen LogP contribution is -2.33. The van der Waals surface area contributed by atoms with Crippen molar-refractivity contribution < 1.29 is 19.2 Å². The van der Waals surface area contributed by atoms with E-state index < -0.39 is 5.60 Å². The fraction of sp³-hybridized carbons (Fsp3) is 0.529. The molecule has 22 heavy (non-hydrogen) atoms. The summed E-state index contributed by atoms with van der Waals surface area (Å²) in [4.78, 5) is 28.3. The number of rotatable bonds is 8. The molecule has 0 heterocycles. The lowest BCUT2D eigenvalue weighted by molar-refractivity contribution is -0.145. The van der Waals surface area contributed by atoms with E-state index in [-0.39, 0.29) is 11.9 Å². The van der Waals surface area contributed by atoms with Crippen LogP contribution in [0, 0.1) is 0 Å². The van der Waals surface area contributed by atoms with Crippen LogP contribution < -0.4 is 10.2 Å². The predicted octanol–water partition coefficient (Wildman–Crippen LogP) is 3.39. The number of esters is 1. The molecule has 122 valence electrons. The molecule has 0 saturated carbocycles. The first kappa shape index (κ1) is 18.2. The second kappa shape index (κ2) is 9.20. The van der Waals surface area contributed by atoms with Gasteiger partial charge in [-0.1, -0.05) is 24.6 Å². The fourth-order valence-electron chi connectivity index (χ4n) is 1.66. The third kappa shape index (κ3) is 9.13. The minimum absolute atomic E-state index is 0.137. The maximum atomic E-state index is 11.6. The van der Waals surface area contributed by atoms with Crippen LogP contribution in [0.2, 0.25) is 0 Å². The quantitative estimate of drug-likeness (QED) is 0.346. The van der Waals surface area contributed by atoms with Crippen LogP contribution in [0.15, 0.2) is 30.3 Å². The monoisotopic (exact) mass is 307 g/mol.